The van der Waals surface area contributed by atoms with Gasteiger partial charge in [0.25, 0.3) is 0 Å². The van der Waals surface area contributed by atoms with Crippen LogP contribution in [-0.2, 0) is 0 Å². The first-order valence-corrected chi connectivity index (χ1v) is 6.66. The summed E-state index contributed by atoms with van der Waals surface area (Å²) in [5.74, 6) is 1.87. The van der Waals surface area contributed by atoms with Gasteiger partial charge < -0.3 is 9.73 Å². The van der Waals surface area contributed by atoms with Crippen molar-refractivity contribution >= 4 is 16.7 Å². The number of pyridine rings is 1. The maximum absolute atomic E-state index is 9.30. The fourth-order valence-electron chi connectivity index (χ4n) is 2.15. The summed E-state index contributed by atoms with van der Waals surface area (Å²) in [6, 6.07) is 11.5. The van der Waals surface area contributed by atoms with Crippen molar-refractivity contribution < 1.29 is 4.42 Å². The Hall–Kier alpha value is -2.87. The number of aromatic nitrogens is 2. The Bertz CT molecular complexity index is 832. The molecular formula is C16H14N4O. The fourth-order valence-corrected chi connectivity index (χ4v) is 2.15. The van der Waals surface area contributed by atoms with E-state index in [0.29, 0.717) is 17.3 Å². The molecule has 0 amide bonds. The van der Waals surface area contributed by atoms with Crippen molar-refractivity contribution in [2.75, 3.05) is 5.32 Å². The molecule has 21 heavy (non-hydrogen) atoms. The number of fused-ring (bicyclic) bond motifs is 1. The van der Waals surface area contributed by atoms with E-state index in [9.17, 15) is 5.26 Å². The number of hydrogen-bond acceptors (Lipinski definition) is 5. The van der Waals surface area contributed by atoms with Crippen LogP contribution in [0, 0.1) is 18.3 Å². The van der Waals surface area contributed by atoms with Crippen molar-refractivity contribution in [2.24, 2.45) is 0 Å². The van der Waals surface area contributed by atoms with Crippen molar-refractivity contribution in [3.05, 3.63) is 53.7 Å². The Kier molecular flexibility index (Phi) is 3.28. The van der Waals surface area contributed by atoms with Crippen LogP contribution in [0.1, 0.15) is 30.2 Å². The summed E-state index contributed by atoms with van der Waals surface area (Å²) in [4.78, 5) is 8.71. The van der Waals surface area contributed by atoms with Gasteiger partial charge in [-0.3, -0.25) is 0 Å². The van der Waals surface area contributed by atoms with Gasteiger partial charge in [-0.2, -0.15) is 5.26 Å². The standard InChI is InChI=1S/C16H14N4O/c1-10-9-18-16(21-10)11(2)19-15-13(8-17)7-12-5-3-4-6-14(12)20-15/h3-7,9,11H,1-2H3,(H,19,20). The predicted molar refractivity (Wildman–Crippen MR) is 79.7 cm³/mol. The van der Waals surface area contributed by atoms with Crippen LogP contribution < -0.4 is 5.32 Å². The molecule has 5 heteroatoms. The third-order valence-corrected chi connectivity index (χ3v) is 3.21. The maximum Gasteiger partial charge on any atom is 0.216 e. The van der Waals surface area contributed by atoms with Crippen molar-refractivity contribution in [3.63, 3.8) is 0 Å². The van der Waals surface area contributed by atoms with Gasteiger partial charge in [-0.25, -0.2) is 9.97 Å². The average Bonchev–Trinajstić information content (AvgIpc) is 2.93. The molecule has 104 valence electrons. The number of oxazole rings is 1. The van der Waals surface area contributed by atoms with Crippen LogP contribution >= 0.6 is 0 Å². The van der Waals surface area contributed by atoms with E-state index in [-0.39, 0.29) is 6.04 Å². The first kappa shape index (κ1) is 13.1. The van der Waals surface area contributed by atoms with E-state index in [2.05, 4.69) is 21.4 Å². The Morgan fingerprint density at radius 1 is 1.33 bits per heavy atom. The molecule has 2 heterocycles. The number of benzene rings is 1. The van der Waals surface area contributed by atoms with Gasteiger partial charge in [0.05, 0.1) is 17.3 Å². The molecule has 0 aliphatic heterocycles. The molecule has 0 bridgehead atoms. The molecule has 1 N–H and O–H groups in total. The summed E-state index contributed by atoms with van der Waals surface area (Å²) < 4.78 is 5.49. The lowest BCUT2D eigenvalue weighted by molar-refractivity contribution is 0.453. The molecule has 5 nitrogen and oxygen atoms in total. The molecule has 2 aromatic heterocycles. The molecule has 1 atom stereocenters. The van der Waals surface area contributed by atoms with E-state index in [0.717, 1.165) is 16.7 Å². The normalized spacial score (nSPS) is 12.0. The molecule has 0 saturated heterocycles. The summed E-state index contributed by atoms with van der Waals surface area (Å²) in [5.41, 5.74) is 1.35. The second kappa shape index (κ2) is 5.25. The lowest BCUT2D eigenvalue weighted by atomic mass is 10.1. The van der Waals surface area contributed by atoms with Gasteiger partial charge in [0, 0.05) is 5.39 Å². The first-order chi connectivity index (χ1) is 10.2. The average molecular weight is 278 g/mol. The fraction of sp³-hybridized carbons (Fsp3) is 0.188. The van der Waals surface area contributed by atoms with E-state index in [4.69, 9.17) is 4.42 Å². The number of aryl methyl sites for hydroxylation is 1. The molecule has 0 aliphatic carbocycles. The van der Waals surface area contributed by atoms with Crippen LogP contribution in [-0.4, -0.2) is 9.97 Å². The number of nitrogens with zero attached hydrogens (tertiary/aromatic N) is 3. The smallest absolute Gasteiger partial charge is 0.216 e. The van der Waals surface area contributed by atoms with E-state index in [1.54, 1.807) is 6.20 Å². The summed E-state index contributed by atoms with van der Waals surface area (Å²) in [7, 11) is 0. The Labute approximate surface area is 122 Å². The van der Waals surface area contributed by atoms with Crippen LogP contribution in [0.15, 0.2) is 40.9 Å². The second-order valence-corrected chi connectivity index (χ2v) is 4.86. The Balaban J connectivity index is 1.97. The summed E-state index contributed by atoms with van der Waals surface area (Å²) in [6.07, 6.45) is 1.67. The molecule has 0 aliphatic rings. The number of hydrogen-bond donors (Lipinski definition) is 1. The van der Waals surface area contributed by atoms with E-state index in [1.165, 1.54) is 0 Å². The summed E-state index contributed by atoms with van der Waals surface area (Å²) >= 11 is 0. The maximum atomic E-state index is 9.30. The minimum Gasteiger partial charge on any atom is -0.444 e. The molecule has 0 radical (unpaired) electrons. The van der Waals surface area contributed by atoms with Gasteiger partial charge in [0.2, 0.25) is 5.89 Å². The summed E-state index contributed by atoms with van der Waals surface area (Å²) in [5, 5.41) is 13.4. The van der Waals surface area contributed by atoms with Crippen molar-refractivity contribution in [3.8, 4) is 6.07 Å². The lowest BCUT2D eigenvalue weighted by Gasteiger charge is -2.13. The van der Waals surface area contributed by atoms with E-state index < -0.39 is 0 Å². The molecule has 3 rings (SSSR count). The van der Waals surface area contributed by atoms with Crippen LogP contribution in [0.25, 0.3) is 10.9 Å². The summed E-state index contributed by atoms with van der Waals surface area (Å²) in [6.45, 7) is 3.77. The molecule has 3 aromatic rings. The minimum atomic E-state index is -0.167. The van der Waals surface area contributed by atoms with Gasteiger partial charge in [-0.05, 0) is 26.0 Å². The predicted octanol–water partition coefficient (Wildman–Crippen LogP) is 3.58. The van der Waals surface area contributed by atoms with Gasteiger partial charge in [0.1, 0.15) is 23.7 Å². The highest BCUT2D eigenvalue weighted by atomic mass is 16.4. The molecule has 0 spiro atoms. The van der Waals surface area contributed by atoms with Crippen LogP contribution in [0.4, 0.5) is 5.82 Å². The topological polar surface area (TPSA) is 74.7 Å². The first-order valence-electron chi connectivity index (χ1n) is 6.66. The van der Waals surface area contributed by atoms with Crippen LogP contribution in [0.5, 0.6) is 0 Å². The van der Waals surface area contributed by atoms with Crippen molar-refractivity contribution in [1.29, 1.82) is 5.26 Å². The number of nitrogens with one attached hydrogen (secondary N) is 1. The Morgan fingerprint density at radius 2 is 2.14 bits per heavy atom. The number of anilines is 1. The highest BCUT2D eigenvalue weighted by Gasteiger charge is 2.14. The zero-order chi connectivity index (χ0) is 14.8. The van der Waals surface area contributed by atoms with E-state index in [1.807, 2.05) is 44.2 Å². The van der Waals surface area contributed by atoms with Crippen molar-refractivity contribution in [2.45, 2.75) is 19.9 Å². The SMILES string of the molecule is Cc1cnc(C(C)Nc2nc3ccccc3cc2C#N)o1. The zero-order valence-corrected chi connectivity index (χ0v) is 11.8. The number of rotatable bonds is 3. The van der Waals surface area contributed by atoms with E-state index >= 15 is 0 Å². The second-order valence-electron chi connectivity index (χ2n) is 4.86. The molecule has 1 aromatic carbocycles. The van der Waals surface area contributed by atoms with Crippen LogP contribution in [0.3, 0.4) is 0 Å². The minimum absolute atomic E-state index is 0.167. The van der Waals surface area contributed by atoms with Crippen LogP contribution in [0.2, 0.25) is 0 Å². The molecule has 0 saturated carbocycles. The zero-order valence-electron chi connectivity index (χ0n) is 11.8. The molecule has 1 unspecified atom stereocenters. The molecular weight excluding hydrogens is 264 g/mol. The van der Waals surface area contributed by atoms with Gasteiger partial charge in [0.15, 0.2) is 0 Å². The van der Waals surface area contributed by atoms with Crippen molar-refractivity contribution in [1.82, 2.24) is 9.97 Å². The van der Waals surface area contributed by atoms with Gasteiger partial charge in [-0.1, -0.05) is 18.2 Å². The highest BCUT2D eigenvalue weighted by molar-refractivity contribution is 5.82. The Morgan fingerprint density at radius 3 is 2.86 bits per heavy atom. The monoisotopic (exact) mass is 278 g/mol. The quantitative estimate of drug-likeness (QED) is 0.792. The number of nitriles is 1. The van der Waals surface area contributed by atoms with Gasteiger partial charge in [-0.15, -0.1) is 0 Å². The highest BCUT2D eigenvalue weighted by Crippen LogP contribution is 2.24. The molecule has 0 fully saturated rings. The lowest BCUT2D eigenvalue weighted by Crippen LogP contribution is -2.09. The van der Waals surface area contributed by atoms with Gasteiger partial charge >= 0.3 is 0 Å². The largest absolute Gasteiger partial charge is 0.444 e. The third kappa shape index (κ3) is 2.56. The number of para-hydroxylation sites is 1. The third-order valence-electron chi connectivity index (χ3n) is 3.21.